The van der Waals surface area contributed by atoms with E-state index in [0.29, 0.717) is 17.8 Å². The zero-order valence-electron chi connectivity index (χ0n) is 12.1. The Labute approximate surface area is 116 Å². The Hall–Kier alpha value is -1.10. The van der Waals surface area contributed by atoms with Crippen LogP contribution in [0.5, 0.6) is 5.75 Å². The Morgan fingerprint density at radius 2 is 2.16 bits per heavy atom. The zero-order valence-corrected chi connectivity index (χ0v) is 12.1. The van der Waals surface area contributed by atoms with E-state index in [-0.39, 0.29) is 0 Å². The Morgan fingerprint density at radius 1 is 1.37 bits per heavy atom. The number of piperazine rings is 1. The summed E-state index contributed by atoms with van der Waals surface area (Å²) in [6, 6.07) is 8.47. The monoisotopic (exact) mass is 263 g/mol. The Kier molecular flexibility index (Phi) is 4.80. The minimum atomic E-state index is 0.349. The third-order valence-corrected chi connectivity index (χ3v) is 4.10. The van der Waals surface area contributed by atoms with Gasteiger partial charge in [0.1, 0.15) is 5.75 Å². The molecule has 2 atom stereocenters. The van der Waals surface area contributed by atoms with E-state index in [1.54, 1.807) is 6.07 Å². The number of hydrogen-bond acceptors (Lipinski definition) is 4. The van der Waals surface area contributed by atoms with Crippen molar-refractivity contribution in [2.24, 2.45) is 0 Å². The van der Waals surface area contributed by atoms with Crippen molar-refractivity contribution in [2.75, 3.05) is 40.8 Å². The van der Waals surface area contributed by atoms with Crippen molar-refractivity contribution in [3.8, 4) is 5.75 Å². The van der Waals surface area contributed by atoms with Crippen LogP contribution in [0.2, 0.25) is 0 Å². The zero-order chi connectivity index (χ0) is 13.8. The molecule has 2 unspecified atom stereocenters. The first kappa shape index (κ1) is 14.3. The lowest BCUT2D eigenvalue weighted by Gasteiger charge is -2.42. The van der Waals surface area contributed by atoms with Crippen molar-refractivity contribution in [3.63, 3.8) is 0 Å². The number of phenols is 1. The maximum absolute atomic E-state index is 9.56. The molecule has 1 aromatic carbocycles. The molecule has 1 fully saturated rings. The van der Waals surface area contributed by atoms with Crippen LogP contribution in [0.25, 0.3) is 0 Å². The van der Waals surface area contributed by atoms with E-state index in [9.17, 15) is 5.11 Å². The fourth-order valence-corrected chi connectivity index (χ4v) is 2.85. The molecule has 0 aromatic heterocycles. The first-order valence-electron chi connectivity index (χ1n) is 6.94. The first-order valence-corrected chi connectivity index (χ1v) is 6.94. The summed E-state index contributed by atoms with van der Waals surface area (Å²) in [4.78, 5) is 4.82. The summed E-state index contributed by atoms with van der Waals surface area (Å²) in [6.07, 6.45) is 0.938. The van der Waals surface area contributed by atoms with Gasteiger partial charge >= 0.3 is 0 Å². The van der Waals surface area contributed by atoms with Crippen LogP contribution in [-0.4, -0.2) is 67.8 Å². The van der Waals surface area contributed by atoms with Crippen LogP contribution < -0.4 is 5.32 Å². The average Bonchev–Trinajstić information content (AvgIpc) is 2.39. The van der Waals surface area contributed by atoms with Gasteiger partial charge in [0.2, 0.25) is 0 Å². The van der Waals surface area contributed by atoms with Crippen LogP contribution in [-0.2, 0) is 6.42 Å². The SMILES string of the molecule is CNC(Cc1cccc(O)c1)C1CN(C)CCN1C. The quantitative estimate of drug-likeness (QED) is 0.841. The number of rotatable bonds is 4. The second-order valence-electron chi connectivity index (χ2n) is 5.58. The van der Waals surface area contributed by atoms with E-state index in [4.69, 9.17) is 0 Å². The minimum absolute atomic E-state index is 0.349. The predicted octanol–water partition coefficient (Wildman–Crippen LogP) is 0.768. The van der Waals surface area contributed by atoms with Gasteiger partial charge in [0, 0.05) is 31.7 Å². The molecule has 1 heterocycles. The predicted molar refractivity (Wildman–Crippen MR) is 78.6 cm³/mol. The minimum Gasteiger partial charge on any atom is -0.508 e. The number of hydrogen-bond donors (Lipinski definition) is 2. The van der Waals surface area contributed by atoms with Gasteiger partial charge in [-0.2, -0.15) is 0 Å². The molecule has 0 amide bonds. The van der Waals surface area contributed by atoms with Crippen LogP contribution in [0, 0.1) is 0 Å². The third-order valence-electron chi connectivity index (χ3n) is 4.10. The molecule has 0 saturated carbocycles. The molecule has 1 aromatic rings. The molecule has 4 heteroatoms. The largest absolute Gasteiger partial charge is 0.508 e. The summed E-state index contributed by atoms with van der Waals surface area (Å²) in [5, 5.41) is 13.0. The molecule has 2 rings (SSSR count). The maximum atomic E-state index is 9.56. The van der Waals surface area contributed by atoms with Crippen molar-refractivity contribution in [1.29, 1.82) is 0 Å². The molecule has 106 valence electrons. The molecule has 0 bridgehead atoms. The summed E-state index contributed by atoms with van der Waals surface area (Å²) in [7, 11) is 6.40. The topological polar surface area (TPSA) is 38.7 Å². The highest BCUT2D eigenvalue weighted by Crippen LogP contribution is 2.17. The summed E-state index contributed by atoms with van der Waals surface area (Å²) < 4.78 is 0. The highest BCUT2D eigenvalue weighted by molar-refractivity contribution is 5.28. The molecule has 19 heavy (non-hydrogen) atoms. The van der Waals surface area contributed by atoms with Gasteiger partial charge in [-0.25, -0.2) is 0 Å². The molecule has 1 saturated heterocycles. The van der Waals surface area contributed by atoms with Gasteiger partial charge in [-0.15, -0.1) is 0 Å². The van der Waals surface area contributed by atoms with Gasteiger partial charge in [0.15, 0.2) is 0 Å². The van der Waals surface area contributed by atoms with Gasteiger partial charge in [-0.05, 0) is 45.3 Å². The smallest absolute Gasteiger partial charge is 0.115 e. The molecule has 0 spiro atoms. The molecular formula is C15H25N3O. The summed E-state index contributed by atoms with van der Waals surface area (Å²) in [5.74, 6) is 0.349. The lowest BCUT2D eigenvalue weighted by atomic mass is 9.96. The van der Waals surface area contributed by atoms with E-state index in [1.165, 1.54) is 5.56 Å². The number of phenolic OH excluding ortho intramolecular Hbond substituents is 1. The highest BCUT2D eigenvalue weighted by atomic mass is 16.3. The van der Waals surface area contributed by atoms with Gasteiger partial charge in [-0.1, -0.05) is 12.1 Å². The average molecular weight is 263 g/mol. The lowest BCUT2D eigenvalue weighted by molar-refractivity contribution is 0.0897. The van der Waals surface area contributed by atoms with Crippen LogP contribution >= 0.6 is 0 Å². The number of nitrogens with zero attached hydrogens (tertiary/aromatic N) is 2. The normalized spacial score (nSPS) is 23.4. The van der Waals surface area contributed by atoms with Gasteiger partial charge in [0.25, 0.3) is 0 Å². The van der Waals surface area contributed by atoms with E-state index in [0.717, 1.165) is 26.1 Å². The molecule has 0 aliphatic carbocycles. The van der Waals surface area contributed by atoms with Crippen molar-refractivity contribution in [2.45, 2.75) is 18.5 Å². The second-order valence-corrected chi connectivity index (χ2v) is 5.58. The number of aromatic hydroxyl groups is 1. The maximum Gasteiger partial charge on any atom is 0.115 e. The Bertz CT molecular complexity index is 410. The fraction of sp³-hybridized carbons (Fsp3) is 0.600. The lowest BCUT2D eigenvalue weighted by Crippen LogP contribution is -2.58. The molecule has 1 aliphatic heterocycles. The standard InChI is InChI=1S/C15H25N3O/c1-16-14(10-12-5-4-6-13(19)9-12)15-11-17(2)7-8-18(15)3/h4-6,9,14-16,19H,7-8,10-11H2,1-3H3. The van der Waals surface area contributed by atoms with E-state index >= 15 is 0 Å². The summed E-state index contributed by atoms with van der Waals surface area (Å²) in [6.45, 7) is 3.33. The van der Waals surface area contributed by atoms with E-state index in [1.807, 2.05) is 19.2 Å². The highest BCUT2D eigenvalue weighted by Gasteiger charge is 2.28. The van der Waals surface area contributed by atoms with Gasteiger partial charge < -0.3 is 15.3 Å². The Balaban J connectivity index is 2.06. The molecule has 1 aliphatic rings. The Morgan fingerprint density at radius 3 is 2.84 bits per heavy atom. The second kappa shape index (κ2) is 6.37. The fourth-order valence-electron chi connectivity index (χ4n) is 2.85. The molecule has 4 nitrogen and oxygen atoms in total. The van der Waals surface area contributed by atoms with Crippen molar-refractivity contribution in [3.05, 3.63) is 29.8 Å². The number of nitrogens with one attached hydrogen (secondary N) is 1. The van der Waals surface area contributed by atoms with Gasteiger partial charge in [0.05, 0.1) is 0 Å². The first-order chi connectivity index (χ1) is 9.10. The molecule has 2 N–H and O–H groups in total. The number of benzene rings is 1. The van der Waals surface area contributed by atoms with E-state index < -0.39 is 0 Å². The summed E-state index contributed by atoms with van der Waals surface area (Å²) >= 11 is 0. The van der Waals surface area contributed by atoms with Crippen molar-refractivity contribution < 1.29 is 5.11 Å². The van der Waals surface area contributed by atoms with E-state index in [2.05, 4.69) is 35.3 Å². The molecule has 0 radical (unpaired) electrons. The van der Waals surface area contributed by atoms with Crippen LogP contribution in [0.1, 0.15) is 5.56 Å². The number of likely N-dealkylation sites (N-methyl/N-ethyl adjacent to an activating group) is 3. The van der Waals surface area contributed by atoms with Crippen molar-refractivity contribution >= 4 is 0 Å². The van der Waals surface area contributed by atoms with Crippen LogP contribution in [0.3, 0.4) is 0 Å². The van der Waals surface area contributed by atoms with Crippen molar-refractivity contribution in [1.82, 2.24) is 15.1 Å². The third kappa shape index (κ3) is 3.69. The van der Waals surface area contributed by atoms with Crippen LogP contribution in [0.15, 0.2) is 24.3 Å². The van der Waals surface area contributed by atoms with Crippen LogP contribution in [0.4, 0.5) is 0 Å². The molecular weight excluding hydrogens is 238 g/mol. The van der Waals surface area contributed by atoms with Gasteiger partial charge in [-0.3, -0.25) is 4.90 Å². The summed E-state index contributed by atoms with van der Waals surface area (Å²) in [5.41, 5.74) is 1.18.